The molecule has 3 aliphatic rings. The zero-order valence-corrected chi connectivity index (χ0v) is 19.0. The SMILES string of the molecule is COc1cccc(CN2[C@@H](CO)[C@H](c3ccccc3)C23CN(C(=O)C2CCCCC2)C3)c1. The van der Waals surface area contributed by atoms with Crippen molar-refractivity contribution in [3.05, 3.63) is 65.7 Å². The molecule has 170 valence electrons. The highest BCUT2D eigenvalue weighted by Gasteiger charge is 2.66. The Morgan fingerprint density at radius 2 is 1.81 bits per heavy atom. The molecule has 2 atom stereocenters. The van der Waals surface area contributed by atoms with E-state index in [2.05, 4.69) is 46.2 Å². The zero-order chi connectivity index (χ0) is 22.1. The fourth-order valence-electron chi connectivity index (χ4n) is 6.36. The van der Waals surface area contributed by atoms with Crippen molar-refractivity contribution in [1.82, 2.24) is 9.80 Å². The van der Waals surface area contributed by atoms with Crippen molar-refractivity contribution >= 4 is 5.91 Å². The van der Waals surface area contributed by atoms with Gasteiger partial charge in [-0.15, -0.1) is 0 Å². The minimum Gasteiger partial charge on any atom is -0.497 e. The Balaban J connectivity index is 1.40. The second-order valence-corrected chi connectivity index (χ2v) is 9.75. The van der Waals surface area contributed by atoms with E-state index in [1.807, 2.05) is 18.2 Å². The molecule has 5 nitrogen and oxygen atoms in total. The average molecular weight is 435 g/mol. The lowest BCUT2D eigenvalue weighted by molar-refractivity contribution is -0.202. The van der Waals surface area contributed by atoms with Gasteiger partial charge in [-0.3, -0.25) is 9.69 Å². The molecule has 2 aromatic carbocycles. The maximum Gasteiger partial charge on any atom is 0.225 e. The van der Waals surface area contributed by atoms with Crippen LogP contribution >= 0.6 is 0 Å². The first kappa shape index (κ1) is 21.5. The Bertz CT molecular complexity index is 935. The molecular formula is C27H34N2O3. The fraction of sp³-hybridized carbons (Fsp3) is 0.519. The predicted octanol–water partition coefficient (Wildman–Crippen LogP) is 3.82. The molecule has 2 aliphatic heterocycles. The Hall–Kier alpha value is -2.37. The zero-order valence-electron chi connectivity index (χ0n) is 19.0. The number of hydrogen-bond acceptors (Lipinski definition) is 4. The first-order valence-corrected chi connectivity index (χ1v) is 12.0. The molecule has 0 unspecified atom stereocenters. The van der Waals surface area contributed by atoms with Gasteiger partial charge in [0, 0.05) is 37.5 Å². The lowest BCUT2D eigenvalue weighted by Crippen LogP contribution is -2.84. The van der Waals surface area contributed by atoms with Gasteiger partial charge in [0.2, 0.25) is 5.91 Å². The van der Waals surface area contributed by atoms with Crippen LogP contribution in [0.5, 0.6) is 5.75 Å². The summed E-state index contributed by atoms with van der Waals surface area (Å²) in [6.45, 7) is 2.36. The largest absolute Gasteiger partial charge is 0.497 e. The minimum absolute atomic E-state index is 0.0514. The molecule has 1 N–H and O–H groups in total. The smallest absolute Gasteiger partial charge is 0.225 e. The van der Waals surface area contributed by atoms with E-state index >= 15 is 0 Å². The number of amides is 1. The van der Waals surface area contributed by atoms with Crippen LogP contribution in [0.15, 0.2) is 54.6 Å². The van der Waals surface area contributed by atoms with Crippen molar-refractivity contribution in [2.24, 2.45) is 5.92 Å². The van der Waals surface area contributed by atoms with E-state index in [-0.39, 0.29) is 30.0 Å². The van der Waals surface area contributed by atoms with Gasteiger partial charge >= 0.3 is 0 Å². The number of nitrogens with zero attached hydrogens (tertiary/aromatic N) is 2. The van der Waals surface area contributed by atoms with E-state index in [0.717, 1.165) is 38.2 Å². The van der Waals surface area contributed by atoms with Crippen LogP contribution in [-0.4, -0.2) is 59.2 Å². The molecule has 1 spiro atoms. The number of aliphatic hydroxyl groups excluding tert-OH is 1. The molecule has 2 saturated heterocycles. The predicted molar refractivity (Wildman–Crippen MR) is 124 cm³/mol. The van der Waals surface area contributed by atoms with Crippen LogP contribution in [0.1, 0.15) is 49.1 Å². The number of carbonyl (C=O) groups is 1. The first-order chi connectivity index (χ1) is 15.7. The van der Waals surface area contributed by atoms with E-state index in [4.69, 9.17) is 4.74 Å². The molecule has 5 heteroatoms. The highest BCUT2D eigenvalue weighted by molar-refractivity contribution is 5.80. The van der Waals surface area contributed by atoms with Crippen LogP contribution in [0.4, 0.5) is 0 Å². The summed E-state index contributed by atoms with van der Waals surface area (Å²) >= 11 is 0. The standard InChI is InChI=1S/C27H34N2O3/c1-32-23-14-8-9-20(15-23)16-29-24(17-30)25(21-10-4-2-5-11-21)27(29)18-28(19-27)26(31)22-12-6-3-7-13-22/h2,4-5,8-11,14-15,22,24-25,30H,3,6-7,12-13,16-19H2,1H3/t24-,25-/m0/s1. The molecule has 1 saturated carbocycles. The Kier molecular flexibility index (Phi) is 5.95. The highest BCUT2D eigenvalue weighted by Crippen LogP contribution is 2.54. The van der Waals surface area contributed by atoms with Gasteiger partial charge in [-0.1, -0.05) is 61.7 Å². The number of hydrogen-bond donors (Lipinski definition) is 1. The van der Waals surface area contributed by atoms with E-state index in [0.29, 0.717) is 5.91 Å². The molecule has 0 bridgehead atoms. The summed E-state index contributed by atoms with van der Waals surface area (Å²) < 4.78 is 5.42. The molecule has 5 rings (SSSR count). The Labute approximate surface area is 191 Å². The number of ether oxygens (including phenoxy) is 1. The summed E-state index contributed by atoms with van der Waals surface area (Å²) in [7, 11) is 1.69. The van der Waals surface area contributed by atoms with Crippen LogP contribution in [-0.2, 0) is 11.3 Å². The van der Waals surface area contributed by atoms with Gasteiger partial charge in [0.15, 0.2) is 0 Å². The van der Waals surface area contributed by atoms with Crippen LogP contribution < -0.4 is 4.74 Å². The maximum absolute atomic E-state index is 13.2. The van der Waals surface area contributed by atoms with Crippen molar-refractivity contribution in [2.75, 3.05) is 26.8 Å². The normalized spacial score (nSPS) is 25.2. The van der Waals surface area contributed by atoms with Gasteiger partial charge in [-0.2, -0.15) is 0 Å². The summed E-state index contributed by atoms with van der Waals surface area (Å²) in [5.41, 5.74) is 2.33. The molecular weight excluding hydrogens is 400 g/mol. The lowest BCUT2D eigenvalue weighted by Gasteiger charge is -2.71. The van der Waals surface area contributed by atoms with Gasteiger partial charge in [0.25, 0.3) is 0 Å². The highest BCUT2D eigenvalue weighted by atomic mass is 16.5. The van der Waals surface area contributed by atoms with E-state index in [1.54, 1.807) is 7.11 Å². The van der Waals surface area contributed by atoms with Gasteiger partial charge in [-0.25, -0.2) is 0 Å². The average Bonchev–Trinajstić information content (AvgIpc) is 2.82. The second-order valence-electron chi connectivity index (χ2n) is 9.75. The van der Waals surface area contributed by atoms with E-state index < -0.39 is 0 Å². The van der Waals surface area contributed by atoms with Crippen LogP contribution in [0, 0.1) is 5.92 Å². The van der Waals surface area contributed by atoms with Crippen molar-refractivity contribution in [3.8, 4) is 5.75 Å². The van der Waals surface area contributed by atoms with E-state index in [1.165, 1.54) is 30.4 Å². The number of methoxy groups -OCH3 is 1. The minimum atomic E-state index is -0.109. The summed E-state index contributed by atoms with van der Waals surface area (Å²) in [6, 6.07) is 18.7. The van der Waals surface area contributed by atoms with Crippen molar-refractivity contribution < 1.29 is 14.6 Å². The molecule has 1 amide bonds. The molecule has 1 aliphatic carbocycles. The van der Waals surface area contributed by atoms with Gasteiger partial charge < -0.3 is 14.7 Å². The summed E-state index contributed by atoms with van der Waals surface area (Å²) in [5.74, 6) is 1.63. The topological polar surface area (TPSA) is 53.0 Å². The first-order valence-electron chi connectivity index (χ1n) is 12.0. The monoisotopic (exact) mass is 434 g/mol. The number of rotatable bonds is 6. The summed E-state index contributed by atoms with van der Waals surface area (Å²) in [5, 5.41) is 10.4. The molecule has 0 aromatic heterocycles. The van der Waals surface area contributed by atoms with Crippen molar-refractivity contribution in [2.45, 2.75) is 56.1 Å². The third-order valence-electron chi connectivity index (χ3n) is 7.96. The quantitative estimate of drug-likeness (QED) is 0.751. The van der Waals surface area contributed by atoms with Crippen LogP contribution in [0.3, 0.4) is 0 Å². The van der Waals surface area contributed by atoms with Gasteiger partial charge in [0.1, 0.15) is 5.75 Å². The maximum atomic E-state index is 13.2. The fourth-order valence-corrected chi connectivity index (χ4v) is 6.36. The van der Waals surface area contributed by atoms with Gasteiger partial charge in [0.05, 0.1) is 19.3 Å². The molecule has 0 radical (unpaired) electrons. The van der Waals surface area contributed by atoms with Crippen LogP contribution in [0.25, 0.3) is 0 Å². The second kappa shape index (κ2) is 8.87. The number of likely N-dealkylation sites (tertiary alicyclic amines) is 2. The Morgan fingerprint density at radius 1 is 1.06 bits per heavy atom. The number of carbonyl (C=O) groups excluding carboxylic acids is 1. The summed E-state index contributed by atoms with van der Waals surface area (Å²) in [4.78, 5) is 17.7. The lowest BCUT2D eigenvalue weighted by atomic mass is 9.60. The summed E-state index contributed by atoms with van der Waals surface area (Å²) in [6.07, 6.45) is 5.69. The molecule has 32 heavy (non-hydrogen) atoms. The van der Waals surface area contributed by atoms with Crippen molar-refractivity contribution in [1.29, 1.82) is 0 Å². The third kappa shape index (κ3) is 3.61. The number of benzene rings is 2. The van der Waals surface area contributed by atoms with Crippen LogP contribution in [0.2, 0.25) is 0 Å². The molecule has 3 fully saturated rings. The molecule has 2 heterocycles. The Morgan fingerprint density at radius 3 is 2.50 bits per heavy atom. The van der Waals surface area contributed by atoms with E-state index in [9.17, 15) is 9.90 Å². The molecule has 2 aromatic rings. The third-order valence-corrected chi connectivity index (χ3v) is 7.96. The van der Waals surface area contributed by atoms with Crippen molar-refractivity contribution in [3.63, 3.8) is 0 Å². The number of aliphatic hydroxyl groups is 1. The van der Waals surface area contributed by atoms with Gasteiger partial charge in [-0.05, 0) is 36.1 Å².